The normalized spacial score (nSPS) is 21.3. The minimum atomic E-state index is -4.52. The lowest BCUT2D eigenvalue weighted by molar-refractivity contribution is -0.137. The second kappa shape index (κ2) is 9.86. The van der Waals surface area contributed by atoms with Gasteiger partial charge < -0.3 is 20.9 Å². The van der Waals surface area contributed by atoms with Crippen LogP contribution in [0.2, 0.25) is 0 Å². The van der Waals surface area contributed by atoms with Gasteiger partial charge in [-0.3, -0.25) is 9.59 Å². The molecule has 2 fully saturated rings. The predicted octanol–water partition coefficient (Wildman–Crippen LogP) is 3.05. The average molecular weight is 477 g/mol. The summed E-state index contributed by atoms with van der Waals surface area (Å²) >= 11 is 0. The van der Waals surface area contributed by atoms with Crippen LogP contribution in [0.5, 0.6) is 0 Å². The van der Waals surface area contributed by atoms with Crippen LogP contribution in [0.1, 0.15) is 31.2 Å². The number of nitrogens with zero attached hydrogens (tertiary/aromatic N) is 4. The van der Waals surface area contributed by atoms with E-state index in [-0.39, 0.29) is 30.1 Å². The summed E-state index contributed by atoms with van der Waals surface area (Å²) in [6.07, 6.45) is 1.12. The van der Waals surface area contributed by atoms with Crippen molar-refractivity contribution in [2.75, 3.05) is 41.3 Å². The lowest BCUT2D eigenvalue weighted by Gasteiger charge is -2.34. The van der Waals surface area contributed by atoms with Crippen molar-refractivity contribution in [1.29, 1.82) is 0 Å². The van der Waals surface area contributed by atoms with Crippen LogP contribution < -0.4 is 20.9 Å². The number of primary amides is 1. The van der Waals surface area contributed by atoms with Gasteiger partial charge in [-0.2, -0.15) is 13.2 Å². The molecular weight excluding hydrogens is 449 g/mol. The van der Waals surface area contributed by atoms with E-state index in [4.69, 9.17) is 5.73 Å². The molecule has 8 nitrogen and oxygen atoms in total. The van der Waals surface area contributed by atoms with E-state index in [0.717, 1.165) is 25.5 Å². The molecule has 2 atom stereocenters. The summed E-state index contributed by atoms with van der Waals surface area (Å²) in [6, 6.07) is 5.77. The van der Waals surface area contributed by atoms with Gasteiger partial charge in [-0.1, -0.05) is 0 Å². The molecule has 0 aromatic carbocycles. The van der Waals surface area contributed by atoms with Gasteiger partial charge in [0.1, 0.15) is 11.6 Å². The van der Waals surface area contributed by atoms with Crippen LogP contribution in [0.15, 0.2) is 36.7 Å². The second-order valence-corrected chi connectivity index (χ2v) is 8.74. The Morgan fingerprint density at radius 3 is 2.38 bits per heavy atom. The molecule has 4 rings (SSSR count). The van der Waals surface area contributed by atoms with E-state index in [0.29, 0.717) is 37.4 Å². The van der Waals surface area contributed by atoms with E-state index in [1.165, 1.54) is 17.2 Å². The molecule has 2 amide bonds. The van der Waals surface area contributed by atoms with Crippen molar-refractivity contribution < 1.29 is 22.8 Å². The number of alkyl halides is 3. The van der Waals surface area contributed by atoms with E-state index in [1.807, 2.05) is 4.90 Å². The Morgan fingerprint density at radius 2 is 1.71 bits per heavy atom. The number of piperidine rings is 2. The third kappa shape index (κ3) is 5.40. The molecule has 4 heterocycles. The molecule has 182 valence electrons. The molecule has 2 unspecified atom stereocenters. The fourth-order valence-corrected chi connectivity index (χ4v) is 4.56. The molecule has 3 N–H and O–H groups in total. The van der Waals surface area contributed by atoms with Crippen molar-refractivity contribution in [3.05, 3.63) is 42.2 Å². The third-order valence-corrected chi connectivity index (χ3v) is 6.35. The average Bonchev–Trinajstić information content (AvgIpc) is 2.84. The van der Waals surface area contributed by atoms with Crippen molar-refractivity contribution in [2.45, 2.75) is 31.9 Å². The summed E-state index contributed by atoms with van der Waals surface area (Å²) in [5.74, 6) is -0.716. The van der Waals surface area contributed by atoms with Gasteiger partial charge in [-0.15, -0.1) is 0 Å². The van der Waals surface area contributed by atoms with E-state index < -0.39 is 17.7 Å². The lowest BCUT2D eigenvalue weighted by atomic mass is 9.96. The minimum absolute atomic E-state index is 0.144. The minimum Gasteiger partial charge on any atom is -0.369 e. The summed E-state index contributed by atoms with van der Waals surface area (Å²) in [4.78, 5) is 36.2. The molecule has 11 heteroatoms. The lowest BCUT2D eigenvalue weighted by Crippen LogP contribution is -2.42. The number of rotatable bonds is 5. The Bertz CT molecular complexity index is 1030. The number of halogens is 3. The van der Waals surface area contributed by atoms with Crippen LogP contribution >= 0.6 is 0 Å². The summed E-state index contributed by atoms with van der Waals surface area (Å²) in [6.45, 7) is 1.84. The van der Waals surface area contributed by atoms with Gasteiger partial charge >= 0.3 is 6.18 Å². The fourth-order valence-electron chi connectivity index (χ4n) is 4.56. The first kappa shape index (κ1) is 23.8. The number of amides is 2. The van der Waals surface area contributed by atoms with E-state index in [1.54, 1.807) is 18.3 Å². The molecule has 34 heavy (non-hydrogen) atoms. The molecule has 2 aromatic heterocycles. The number of pyridine rings is 2. The molecule has 2 aliphatic rings. The largest absolute Gasteiger partial charge is 0.419 e. The first-order chi connectivity index (χ1) is 16.2. The van der Waals surface area contributed by atoms with E-state index >= 15 is 0 Å². The zero-order valence-electron chi connectivity index (χ0n) is 18.6. The zero-order valence-corrected chi connectivity index (χ0v) is 18.6. The molecule has 0 radical (unpaired) electrons. The van der Waals surface area contributed by atoms with Crippen LogP contribution in [0.3, 0.4) is 0 Å². The summed E-state index contributed by atoms with van der Waals surface area (Å²) in [5.41, 5.74) is 5.14. The topological polar surface area (TPSA) is 104 Å². The van der Waals surface area contributed by atoms with Crippen molar-refractivity contribution in [3.63, 3.8) is 0 Å². The maximum absolute atomic E-state index is 13.4. The van der Waals surface area contributed by atoms with Crippen LogP contribution in [0.4, 0.5) is 30.5 Å². The van der Waals surface area contributed by atoms with E-state index in [2.05, 4.69) is 15.3 Å². The fraction of sp³-hybridized carbons (Fsp3) is 0.478. The smallest absolute Gasteiger partial charge is 0.369 e. The maximum atomic E-state index is 13.4. The van der Waals surface area contributed by atoms with E-state index in [9.17, 15) is 22.8 Å². The number of anilines is 3. The molecule has 0 bridgehead atoms. The number of carbonyl (C=O) groups is 2. The number of hydrogen-bond acceptors (Lipinski definition) is 6. The highest BCUT2D eigenvalue weighted by molar-refractivity contribution is 5.93. The summed E-state index contributed by atoms with van der Waals surface area (Å²) in [7, 11) is 0. The van der Waals surface area contributed by atoms with Gasteiger partial charge in [0, 0.05) is 32.4 Å². The SMILES string of the molecule is NC(=O)C1CCCN(c2ccc(NC(=O)C3CCCN(c4ncccc4C(F)(F)F)C3)cn2)C1. The van der Waals surface area contributed by atoms with Crippen molar-refractivity contribution >= 4 is 29.1 Å². The first-order valence-corrected chi connectivity index (χ1v) is 11.3. The molecule has 2 aromatic rings. The Hall–Kier alpha value is -3.37. The van der Waals surface area contributed by atoms with Crippen LogP contribution in [-0.2, 0) is 15.8 Å². The first-order valence-electron chi connectivity index (χ1n) is 11.3. The third-order valence-electron chi connectivity index (χ3n) is 6.35. The van der Waals surface area contributed by atoms with Crippen LogP contribution in [-0.4, -0.2) is 48.0 Å². The number of aromatic nitrogens is 2. The van der Waals surface area contributed by atoms with Crippen molar-refractivity contribution in [1.82, 2.24) is 9.97 Å². The van der Waals surface area contributed by atoms with Gasteiger partial charge in [0.05, 0.1) is 29.3 Å². The predicted molar refractivity (Wildman–Crippen MR) is 121 cm³/mol. The van der Waals surface area contributed by atoms with Gasteiger partial charge in [-0.25, -0.2) is 9.97 Å². The zero-order chi connectivity index (χ0) is 24.3. The molecule has 0 saturated carbocycles. The molecule has 2 aliphatic heterocycles. The van der Waals surface area contributed by atoms with Gasteiger partial charge in [-0.05, 0) is 49.9 Å². The molecule has 0 spiro atoms. The van der Waals surface area contributed by atoms with Crippen LogP contribution in [0, 0.1) is 11.8 Å². The van der Waals surface area contributed by atoms with Crippen LogP contribution in [0.25, 0.3) is 0 Å². The second-order valence-electron chi connectivity index (χ2n) is 8.74. The van der Waals surface area contributed by atoms with Gasteiger partial charge in [0.2, 0.25) is 11.8 Å². The molecule has 2 saturated heterocycles. The van der Waals surface area contributed by atoms with Gasteiger partial charge in [0.25, 0.3) is 0 Å². The van der Waals surface area contributed by atoms with Crippen molar-refractivity contribution in [2.24, 2.45) is 17.6 Å². The molecule has 0 aliphatic carbocycles. The summed E-state index contributed by atoms with van der Waals surface area (Å²) < 4.78 is 40.2. The van der Waals surface area contributed by atoms with Gasteiger partial charge in [0.15, 0.2) is 0 Å². The number of hydrogen-bond donors (Lipinski definition) is 2. The Kier molecular flexibility index (Phi) is 6.90. The monoisotopic (exact) mass is 476 g/mol. The van der Waals surface area contributed by atoms with Crippen molar-refractivity contribution in [3.8, 4) is 0 Å². The molecular formula is C23H27F3N6O2. The highest BCUT2D eigenvalue weighted by Crippen LogP contribution is 2.36. The highest BCUT2D eigenvalue weighted by atomic mass is 19.4. The Morgan fingerprint density at radius 1 is 1.00 bits per heavy atom. The number of nitrogens with one attached hydrogen (secondary N) is 1. The Labute approximate surface area is 195 Å². The maximum Gasteiger partial charge on any atom is 0.419 e. The Balaban J connectivity index is 1.39. The quantitative estimate of drug-likeness (QED) is 0.688. The number of nitrogens with two attached hydrogens (primary N) is 1. The summed E-state index contributed by atoms with van der Waals surface area (Å²) in [5, 5.41) is 2.82. The standard InChI is InChI=1S/C23H27F3N6O2/c24-23(25,26)18-6-1-9-28-21(18)32-11-3-5-16(14-32)22(34)30-17-7-8-19(29-12-17)31-10-2-4-15(13-31)20(27)33/h1,6-9,12,15-16H,2-5,10-11,13-14H2,(H2,27,33)(H,30,34). The highest BCUT2D eigenvalue weighted by Gasteiger charge is 2.37. The number of carbonyl (C=O) groups excluding carboxylic acids is 2.